The number of benzene rings is 1. The number of amides is 1. The maximum atomic E-state index is 14.1. The van der Waals surface area contributed by atoms with Crippen molar-refractivity contribution in [3.63, 3.8) is 0 Å². The first kappa shape index (κ1) is 35.0. The molecule has 2 aliphatic heterocycles. The largest absolute Gasteiger partial charge is 0.458 e. The predicted molar refractivity (Wildman–Crippen MR) is 177 cm³/mol. The van der Waals surface area contributed by atoms with Crippen LogP contribution < -0.4 is 5.32 Å². The molecule has 1 aromatic heterocycles. The average molecular weight is 633 g/mol. The van der Waals surface area contributed by atoms with E-state index >= 15 is 0 Å². The van der Waals surface area contributed by atoms with E-state index in [-0.39, 0.29) is 24.6 Å². The molecule has 2 aliphatic rings. The Hall–Kier alpha value is -3.85. The number of esters is 1. The molecule has 248 valence electrons. The Balaban J connectivity index is 1.70. The van der Waals surface area contributed by atoms with Gasteiger partial charge in [0.2, 0.25) is 0 Å². The molecule has 46 heavy (non-hydrogen) atoms. The number of nitrogens with zero attached hydrogens (tertiary/aromatic N) is 1. The normalized spacial score (nSPS) is 34.5. The van der Waals surface area contributed by atoms with Crippen LogP contribution in [0.2, 0.25) is 0 Å². The molecule has 3 heterocycles. The third-order valence-electron chi connectivity index (χ3n) is 9.97. The smallest absolute Gasteiger partial charge is 0.408 e. The van der Waals surface area contributed by atoms with E-state index in [1.165, 1.54) is 0 Å². The van der Waals surface area contributed by atoms with Gasteiger partial charge in [-0.25, -0.2) is 4.79 Å². The highest BCUT2D eigenvalue weighted by atomic mass is 16.6. The zero-order chi connectivity index (χ0) is 34.0. The lowest BCUT2D eigenvalue weighted by Gasteiger charge is -2.44. The number of hydrogen-bond acceptors (Lipinski definition) is 8. The second-order valence-corrected chi connectivity index (χ2v) is 13.5. The van der Waals surface area contributed by atoms with Gasteiger partial charge in [-0.2, -0.15) is 0 Å². The van der Waals surface area contributed by atoms with E-state index in [9.17, 15) is 19.2 Å². The maximum Gasteiger partial charge on any atom is 0.408 e. The van der Waals surface area contributed by atoms with Crippen LogP contribution in [0.5, 0.6) is 0 Å². The van der Waals surface area contributed by atoms with E-state index in [4.69, 9.17) is 14.2 Å². The van der Waals surface area contributed by atoms with Crippen LogP contribution in [0.15, 0.2) is 54.8 Å². The molecule has 0 radical (unpaired) electrons. The minimum absolute atomic E-state index is 0.0966. The number of hydrogen-bond donors (Lipinski definition) is 1. The highest BCUT2D eigenvalue weighted by molar-refractivity contribution is 6.00. The zero-order valence-corrected chi connectivity index (χ0v) is 28.3. The molecule has 1 N–H and O–H groups in total. The molecule has 0 bridgehead atoms. The molecule has 2 saturated heterocycles. The van der Waals surface area contributed by atoms with E-state index < -0.39 is 65.0 Å². The lowest BCUT2D eigenvalue weighted by Crippen LogP contribution is -2.57. The van der Waals surface area contributed by atoms with E-state index in [0.717, 1.165) is 16.5 Å². The summed E-state index contributed by atoms with van der Waals surface area (Å²) < 4.78 is 18.2. The number of fused-ring (bicyclic) bond motifs is 2. The van der Waals surface area contributed by atoms with Gasteiger partial charge in [0.1, 0.15) is 23.6 Å². The summed E-state index contributed by atoms with van der Waals surface area (Å²) in [6.07, 6.45) is 4.68. The lowest BCUT2D eigenvalue weighted by molar-refractivity contribution is -0.171. The number of alkyl carbamates (subject to hydrolysis) is 1. The number of carbonyl (C=O) groups is 4. The Morgan fingerprint density at radius 1 is 1.09 bits per heavy atom. The Bertz CT molecular complexity index is 1530. The van der Waals surface area contributed by atoms with Gasteiger partial charge in [0, 0.05) is 35.3 Å². The van der Waals surface area contributed by atoms with Crippen molar-refractivity contribution < 1.29 is 33.4 Å². The quantitative estimate of drug-likeness (QED) is 0.218. The van der Waals surface area contributed by atoms with Crippen molar-refractivity contribution in [3.05, 3.63) is 60.3 Å². The minimum Gasteiger partial charge on any atom is -0.458 e. The van der Waals surface area contributed by atoms with Crippen LogP contribution in [0.3, 0.4) is 0 Å². The number of rotatable bonds is 6. The molecule has 0 spiro atoms. The fourth-order valence-electron chi connectivity index (χ4n) is 7.65. The van der Waals surface area contributed by atoms with Crippen LogP contribution in [0, 0.1) is 29.6 Å². The van der Waals surface area contributed by atoms with Crippen molar-refractivity contribution in [2.75, 3.05) is 6.61 Å². The van der Waals surface area contributed by atoms with Gasteiger partial charge in [-0.1, -0.05) is 70.2 Å². The molecule has 9 atom stereocenters. The van der Waals surface area contributed by atoms with Crippen LogP contribution >= 0.6 is 0 Å². The van der Waals surface area contributed by atoms with Gasteiger partial charge < -0.3 is 19.5 Å². The second kappa shape index (κ2) is 13.9. The van der Waals surface area contributed by atoms with Gasteiger partial charge in [0.25, 0.3) is 0 Å². The molecule has 9 nitrogen and oxygen atoms in total. The SMILES string of the molecule is C=C(C)[C@@H]1[C@@H](C)C(=O)[C@@H](C)C(=O)O[C@H](CC)[C@@]2(C)OC(=O)N[C@@H]2[C@@H](C)C(=O)[C@H](C)C[C@@]1(C)OC/C=C/c1cnc2ccccc2c1. The number of carbonyl (C=O) groups excluding carboxylic acids is 4. The standard InChI is InChI=1S/C37H48N2O7/c1-10-29-37(9)33(39-35(43)46-37)24(6)31(40)22(4)19-36(8,30(21(2)3)23(5)32(41)25(7)34(42)45-29)44-17-13-14-26-18-27-15-11-12-16-28(27)38-20-26/h11-16,18,20,22-25,29-30,33H,2,10,17,19H2,1,3-9H3,(H,39,43)/b14-13+/t22-,23-,24+,25-,29-,30-,33-,36-,37-/m1/s1. The summed E-state index contributed by atoms with van der Waals surface area (Å²) in [6.45, 7) is 18.6. The monoisotopic (exact) mass is 632 g/mol. The first-order valence-corrected chi connectivity index (χ1v) is 16.2. The summed E-state index contributed by atoms with van der Waals surface area (Å²) in [5, 5.41) is 3.83. The highest BCUT2D eigenvalue weighted by Gasteiger charge is 2.56. The molecule has 2 aromatic rings. The van der Waals surface area contributed by atoms with Crippen LogP contribution in [0.25, 0.3) is 17.0 Å². The Labute approximate surface area is 272 Å². The zero-order valence-electron chi connectivity index (χ0n) is 28.3. The molecular weight excluding hydrogens is 584 g/mol. The Morgan fingerprint density at radius 3 is 2.46 bits per heavy atom. The molecule has 0 saturated carbocycles. The number of pyridine rings is 1. The fraction of sp³-hybridized carbons (Fsp3) is 0.541. The van der Waals surface area contributed by atoms with Crippen molar-refractivity contribution in [2.24, 2.45) is 29.6 Å². The number of para-hydroxylation sites is 1. The Kier molecular flexibility index (Phi) is 10.6. The van der Waals surface area contributed by atoms with Gasteiger partial charge in [-0.05, 0) is 58.2 Å². The summed E-state index contributed by atoms with van der Waals surface area (Å²) in [6, 6.07) is 9.18. The molecule has 9 heteroatoms. The highest BCUT2D eigenvalue weighted by Crippen LogP contribution is 2.42. The lowest BCUT2D eigenvalue weighted by atomic mass is 9.68. The molecular formula is C37H48N2O7. The topological polar surface area (TPSA) is 121 Å². The predicted octanol–water partition coefficient (Wildman–Crippen LogP) is 6.49. The van der Waals surface area contributed by atoms with Crippen molar-refractivity contribution in [1.82, 2.24) is 10.3 Å². The summed E-state index contributed by atoms with van der Waals surface area (Å²) in [5.41, 5.74) is 0.211. The van der Waals surface area contributed by atoms with Crippen LogP contribution in [-0.4, -0.2) is 58.6 Å². The summed E-state index contributed by atoms with van der Waals surface area (Å²) in [5.74, 6) is -4.55. The number of ether oxygens (including phenoxy) is 3. The molecule has 2 fully saturated rings. The van der Waals surface area contributed by atoms with Gasteiger partial charge in [-0.3, -0.25) is 19.4 Å². The van der Waals surface area contributed by atoms with E-state index in [2.05, 4.69) is 16.9 Å². The molecule has 4 rings (SSSR count). The van der Waals surface area contributed by atoms with Crippen LogP contribution in [0.4, 0.5) is 4.79 Å². The number of Topliss-reactive ketones (excluding diaryl/α,β-unsaturated/α-hetero) is 2. The molecule has 0 unspecified atom stereocenters. The van der Waals surface area contributed by atoms with Gasteiger partial charge in [0.15, 0.2) is 5.60 Å². The molecule has 1 aromatic carbocycles. The van der Waals surface area contributed by atoms with Crippen LogP contribution in [0.1, 0.15) is 73.8 Å². The van der Waals surface area contributed by atoms with E-state index in [1.807, 2.05) is 70.2 Å². The van der Waals surface area contributed by atoms with Crippen molar-refractivity contribution in [2.45, 2.75) is 91.6 Å². The first-order valence-electron chi connectivity index (χ1n) is 16.2. The summed E-state index contributed by atoms with van der Waals surface area (Å²) in [7, 11) is 0. The van der Waals surface area contributed by atoms with Crippen molar-refractivity contribution in [3.8, 4) is 0 Å². The summed E-state index contributed by atoms with van der Waals surface area (Å²) >= 11 is 0. The van der Waals surface area contributed by atoms with Gasteiger partial charge >= 0.3 is 12.1 Å². The van der Waals surface area contributed by atoms with E-state index in [1.54, 1.807) is 33.9 Å². The van der Waals surface area contributed by atoms with Gasteiger partial charge in [0.05, 0.1) is 23.8 Å². The number of aromatic nitrogens is 1. The van der Waals surface area contributed by atoms with Gasteiger partial charge in [-0.15, -0.1) is 0 Å². The number of nitrogens with one attached hydrogen (secondary N) is 1. The maximum absolute atomic E-state index is 14.1. The summed E-state index contributed by atoms with van der Waals surface area (Å²) in [4.78, 5) is 58.5. The fourth-order valence-corrected chi connectivity index (χ4v) is 7.65. The number of ketones is 2. The third kappa shape index (κ3) is 6.94. The minimum atomic E-state index is -1.31. The first-order chi connectivity index (χ1) is 21.6. The number of cyclic esters (lactones) is 1. The van der Waals surface area contributed by atoms with Crippen molar-refractivity contribution >= 4 is 40.6 Å². The van der Waals surface area contributed by atoms with E-state index in [0.29, 0.717) is 12.0 Å². The second-order valence-electron chi connectivity index (χ2n) is 13.5. The average Bonchev–Trinajstić information content (AvgIpc) is 3.33. The van der Waals surface area contributed by atoms with Crippen molar-refractivity contribution in [1.29, 1.82) is 0 Å². The Morgan fingerprint density at radius 2 is 1.78 bits per heavy atom. The third-order valence-corrected chi connectivity index (χ3v) is 9.97. The molecule has 1 amide bonds. The molecule has 0 aliphatic carbocycles. The van der Waals surface area contributed by atoms with Crippen LogP contribution in [-0.2, 0) is 28.6 Å².